The van der Waals surface area contributed by atoms with Crippen molar-refractivity contribution in [3.05, 3.63) is 29.3 Å². The van der Waals surface area contributed by atoms with Gasteiger partial charge in [0.15, 0.2) is 0 Å². The zero-order chi connectivity index (χ0) is 16.0. The number of esters is 2. The fraction of sp³-hybridized carbons (Fsp3) is 0.357. The zero-order valence-electron chi connectivity index (χ0n) is 12.1. The van der Waals surface area contributed by atoms with Gasteiger partial charge in [-0.05, 0) is 25.1 Å². The lowest BCUT2D eigenvalue weighted by atomic mass is 10.1. The van der Waals surface area contributed by atoms with E-state index >= 15 is 0 Å². The van der Waals surface area contributed by atoms with Gasteiger partial charge < -0.3 is 20.5 Å². The summed E-state index contributed by atoms with van der Waals surface area (Å²) in [5, 5.41) is 2.58. The molecule has 1 amide bonds. The van der Waals surface area contributed by atoms with Gasteiger partial charge in [-0.1, -0.05) is 0 Å². The van der Waals surface area contributed by atoms with Crippen LogP contribution in [0.4, 0.5) is 5.69 Å². The summed E-state index contributed by atoms with van der Waals surface area (Å²) < 4.78 is 9.21. The van der Waals surface area contributed by atoms with E-state index in [-0.39, 0.29) is 29.5 Å². The highest BCUT2D eigenvalue weighted by molar-refractivity contribution is 5.99. The molecule has 0 aliphatic carbocycles. The standard InChI is InChI=1S/C14H18N2O5/c1-8(15)4-12(17)16-11-6-9(13(18)20-2)5-10(7-11)14(19)21-3/h5-8H,4,15H2,1-3H3,(H,16,17). The molecule has 21 heavy (non-hydrogen) atoms. The smallest absolute Gasteiger partial charge is 0.337 e. The normalized spacial score (nSPS) is 11.4. The number of nitrogens with one attached hydrogen (secondary N) is 1. The lowest BCUT2D eigenvalue weighted by molar-refractivity contribution is -0.116. The fourth-order valence-corrected chi connectivity index (χ4v) is 1.68. The lowest BCUT2D eigenvalue weighted by Gasteiger charge is -2.10. The van der Waals surface area contributed by atoms with Crippen LogP contribution in [-0.2, 0) is 14.3 Å². The lowest BCUT2D eigenvalue weighted by Crippen LogP contribution is -2.24. The van der Waals surface area contributed by atoms with Gasteiger partial charge in [0.2, 0.25) is 5.91 Å². The Bertz CT molecular complexity index is 520. The first kappa shape index (κ1) is 16.6. The van der Waals surface area contributed by atoms with Crippen molar-refractivity contribution in [2.75, 3.05) is 19.5 Å². The van der Waals surface area contributed by atoms with E-state index in [1.807, 2.05) is 0 Å². The van der Waals surface area contributed by atoms with Crippen LogP contribution in [0.5, 0.6) is 0 Å². The summed E-state index contributed by atoms with van der Waals surface area (Å²) >= 11 is 0. The monoisotopic (exact) mass is 294 g/mol. The maximum Gasteiger partial charge on any atom is 0.337 e. The number of ether oxygens (including phenoxy) is 2. The molecule has 0 saturated heterocycles. The first-order chi connectivity index (χ1) is 9.87. The Labute approximate surface area is 122 Å². The van der Waals surface area contributed by atoms with Crippen molar-refractivity contribution in [1.29, 1.82) is 0 Å². The quantitative estimate of drug-likeness (QED) is 0.782. The third kappa shape index (κ3) is 4.88. The van der Waals surface area contributed by atoms with Crippen molar-refractivity contribution in [3.63, 3.8) is 0 Å². The molecule has 0 spiro atoms. The molecule has 7 heteroatoms. The van der Waals surface area contributed by atoms with Gasteiger partial charge in [0, 0.05) is 18.2 Å². The second kappa shape index (κ2) is 7.39. The minimum atomic E-state index is -0.622. The highest BCUT2D eigenvalue weighted by atomic mass is 16.5. The second-order valence-corrected chi connectivity index (χ2v) is 4.51. The van der Waals surface area contributed by atoms with Crippen LogP contribution in [0.2, 0.25) is 0 Å². The van der Waals surface area contributed by atoms with Crippen LogP contribution in [-0.4, -0.2) is 38.1 Å². The number of benzene rings is 1. The molecule has 0 aliphatic rings. The van der Waals surface area contributed by atoms with Gasteiger partial charge in [-0.3, -0.25) is 4.79 Å². The Morgan fingerprint density at radius 2 is 1.57 bits per heavy atom. The molecule has 0 fully saturated rings. The van der Waals surface area contributed by atoms with Crippen molar-refractivity contribution < 1.29 is 23.9 Å². The van der Waals surface area contributed by atoms with E-state index in [0.717, 1.165) is 0 Å². The van der Waals surface area contributed by atoms with Crippen LogP contribution in [0.25, 0.3) is 0 Å². The van der Waals surface area contributed by atoms with E-state index in [4.69, 9.17) is 5.73 Å². The second-order valence-electron chi connectivity index (χ2n) is 4.51. The number of nitrogens with two attached hydrogens (primary N) is 1. The average molecular weight is 294 g/mol. The van der Waals surface area contributed by atoms with Crippen LogP contribution in [0.1, 0.15) is 34.1 Å². The summed E-state index contributed by atoms with van der Waals surface area (Å²) in [7, 11) is 2.45. The molecule has 1 aromatic rings. The van der Waals surface area contributed by atoms with E-state index in [1.165, 1.54) is 32.4 Å². The number of amides is 1. The van der Waals surface area contributed by atoms with Crippen molar-refractivity contribution >= 4 is 23.5 Å². The predicted molar refractivity (Wildman–Crippen MR) is 76.0 cm³/mol. The molecule has 3 N–H and O–H groups in total. The molecule has 1 aromatic carbocycles. The van der Waals surface area contributed by atoms with Gasteiger partial charge in [-0.25, -0.2) is 9.59 Å². The Morgan fingerprint density at radius 1 is 1.10 bits per heavy atom. The van der Waals surface area contributed by atoms with Crippen LogP contribution >= 0.6 is 0 Å². The van der Waals surface area contributed by atoms with Gasteiger partial charge in [-0.2, -0.15) is 0 Å². The number of methoxy groups -OCH3 is 2. The summed E-state index contributed by atoms with van der Waals surface area (Å²) in [6.07, 6.45) is 0.121. The number of anilines is 1. The number of hydrogen-bond acceptors (Lipinski definition) is 6. The molecular weight excluding hydrogens is 276 g/mol. The molecule has 0 heterocycles. The van der Waals surface area contributed by atoms with E-state index in [1.54, 1.807) is 6.92 Å². The van der Waals surface area contributed by atoms with Crippen LogP contribution in [0.15, 0.2) is 18.2 Å². The third-order valence-corrected chi connectivity index (χ3v) is 2.57. The van der Waals surface area contributed by atoms with Crippen molar-refractivity contribution in [3.8, 4) is 0 Å². The Balaban J connectivity index is 3.10. The number of hydrogen-bond donors (Lipinski definition) is 2. The number of carbonyl (C=O) groups excluding carboxylic acids is 3. The Morgan fingerprint density at radius 3 is 1.95 bits per heavy atom. The van der Waals surface area contributed by atoms with Gasteiger partial charge >= 0.3 is 11.9 Å². The largest absolute Gasteiger partial charge is 0.465 e. The van der Waals surface area contributed by atoms with Gasteiger partial charge in [0.1, 0.15) is 0 Å². The molecule has 0 aliphatic heterocycles. The van der Waals surface area contributed by atoms with Crippen molar-refractivity contribution in [2.24, 2.45) is 5.73 Å². The summed E-state index contributed by atoms with van der Waals surface area (Å²) in [6, 6.07) is 3.86. The summed E-state index contributed by atoms with van der Waals surface area (Å²) in [5.74, 6) is -1.56. The third-order valence-electron chi connectivity index (χ3n) is 2.57. The van der Waals surface area contributed by atoms with Gasteiger partial charge in [0.05, 0.1) is 25.3 Å². The molecule has 1 atom stereocenters. The van der Waals surface area contributed by atoms with E-state index in [2.05, 4.69) is 14.8 Å². The molecule has 1 unspecified atom stereocenters. The first-order valence-corrected chi connectivity index (χ1v) is 6.24. The minimum Gasteiger partial charge on any atom is -0.465 e. The van der Waals surface area contributed by atoms with Gasteiger partial charge in [0.25, 0.3) is 0 Å². The van der Waals surface area contributed by atoms with Gasteiger partial charge in [-0.15, -0.1) is 0 Å². The Kier molecular flexibility index (Phi) is 5.86. The van der Waals surface area contributed by atoms with Crippen LogP contribution < -0.4 is 11.1 Å². The van der Waals surface area contributed by atoms with Crippen molar-refractivity contribution in [1.82, 2.24) is 0 Å². The molecule has 1 rings (SSSR count). The summed E-state index contributed by atoms with van der Waals surface area (Å²) in [4.78, 5) is 34.9. The molecule has 0 bridgehead atoms. The van der Waals surface area contributed by atoms with Crippen LogP contribution in [0.3, 0.4) is 0 Å². The van der Waals surface area contributed by atoms with E-state index < -0.39 is 11.9 Å². The molecule has 0 radical (unpaired) electrons. The first-order valence-electron chi connectivity index (χ1n) is 6.24. The number of rotatable bonds is 5. The van der Waals surface area contributed by atoms with E-state index in [0.29, 0.717) is 5.69 Å². The average Bonchev–Trinajstić information content (AvgIpc) is 2.44. The predicted octanol–water partition coefficient (Wildman–Crippen LogP) is 0.936. The van der Waals surface area contributed by atoms with Crippen LogP contribution in [0, 0.1) is 0 Å². The molecular formula is C14H18N2O5. The summed E-state index contributed by atoms with van der Waals surface area (Å²) in [5.41, 5.74) is 6.10. The van der Waals surface area contributed by atoms with Crippen molar-refractivity contribution in [2.45, 2.75) is 19.4 Å². The summed E-state index contributed by atoms with van der Waals surface area (Å²) in [6.45, 7) is 1.70. The highest BCUT2D eigenvalue weighted by Gasteiger charge is 2.15. The maximum atomic E-state index is 11.7. The number of carbonyl (C=O) groups is 3. The zero-order valence-corrected chi connectivity index (χ0v) is 12.1. The molecule has 114 valence electrons. The fourth-order valence-electron chi connectivity index (χ4n) is 1.68. The highest BCUT2D eigenvalue weighted by Crippen LogP contribution is 2.17. The topological polar surface area (TPSA) is 108 Å². The minimum absolute atomic E-state index is 0.121. The maximum absolute atomic E-state index is 11.7. The molecule has 0 saturated carbocycles. The molecule has 0 aromatic heterocycles. The molecule has 7 nitrogen and oxygen atoms in total. The van der Waals surface area contributed by atoms with E-state index in [9.17, 15) is 14.4 Å². The Hall–Kier alpha value is -2.41. The SMILES string of the molecule is COC(=O)c1cc(NC(=O)CC(C)N)cc(C(=O)OC)c1.